The molecular formula is C15H25NO2. The third-order valence-corrected chi connectivity index (χ3v) is 3.49. The molecule has 0 bridgehead atoms. The summed E-state index contributed by atoms with van der Waals surface area (Å²) in [5.41, 5.74) is 7.02. The van der Waals surface area contributed by atoms with Gasteiger partial charge in [0.05, 0.1) is 13.2 Å². The normalized spacial score (nSPS) is 16.1. The molecule has 102 valence electrons. The highest BCUT2D eigenvalue weighted by molar-refractivity contribution is 5.34. The van der Waals surface area contributed by atoms with Crippen LogP contribution < -0.4 is 10.5 Å². The molecule has 2 atom stereocenters. The SMILES string of the molecule is CCC[C@](CN)(C[C@@H](C)O)c1cccc(OC)c1. The Hall–Kier alpha value is -1.06. The molecule has 0 aromatic heterocycles. The Bertz CT molecular complexity index is 365. The third kappa shape index (κ3) is 3.47. The van der Waals surface area contributed by atoms with Crippen molar-refractivity contribution in [3.8, 4) is 5.75 Å². The lowest BCUT2D eigenvalue weighted by molar-refractivity contribution is 0.144. The van der Waals surface area contributed by atoms with Crippen LogP contribution in [0.3, 0.4) is 0 Å². The van der Waals surface area contributed by atoms with E-state index in [4.69, 9.17) is 10.5 Å². The second kappa shape index (κ2) is 6.76. The Morgan fingerprint density at radius 2 is 2.17 bits per heavy atom. The average Bonchev–Trinajstić information content (AvgIpc) is 2.37. The van der Waals surface area contributed by atoms with Crippen molar-refractivity contribution in [1.82, 2.24) is 0 Å². The van der Waals surface area contributed by atoms with E-state index in [-0.39, 0.29) is 11.5 Å². The number of benzene rings is 1. The van der Waals surface area contributed by atoms with Crippen molar-refractivity contribution in [2.45, 2.75) is 44.6 Å². The Labute approximate surface area is 110 Å². The van der Waals surface area contributed by atoms with Gasteiger partial charge in [0.25, 0.3) is 0 Å². The average molecular weight is 251 g/mol. The molecule has 0 spiro atoms. The molecule has 3 nitrogen and oxygen atoms in total. The molecule has 0 saturated heterocycles. The standard InChI is InChI=1S/C15H25NO2/c1-4-8-15(11-16,10-12(2)17)13-6-5-7-14(9-13)18-3/h5-7,9,12,17H,4,8,10-11,16H2,1-3H3/t12-,15-/m1/s1. The fourth-order valence-corrected chi connectivity index (χ4v) is 2.66. The second-order valence-electron chi connectivity index (χ2n) is 5.02. The van der Waals surface area contributed by atoms with E-state index in [9.17, 15) is 5.11 Å². The van der Waals surface area contributed by atoms with Crippen molar-refractivity contribution in [2.24, 2.45) is 5.73 Å². The maximum Gasteiger partial charge on any atom is 0.119 e. The summed E-state index contributed by atoms with van der Waals surface area (Å²) in [6.07, 6.45) is 2.35. The predicted molar refractivity (Wildman–Crippen MR) is 74.9 cm³/mol. The highest BCUT2D eigenvalue weighted by Crippen LogP contribution is 2.35. The van der Waals surface area contributed by atoms with E-state index in [1.165, 1.54) is 0 Å². The van der Waals surface area contributed by atoms with E-state index >= 15 is 0 Å². The van der Waals surface area contributed by atoms with Gasteiger partial charge in [0.1, 0.15) is 5.75 Å². The van der Waals surface area contributed by atoms with Crippen LogP contribution in [0.4, 0.5) is 0 Å². The van der Waals surface area contributed by atoms with Gasteiger partial charge in [-0.15, -0.1) is 0 Å². The molecule has 3 N–H and O–H groups in total. The van der Waals surface area contributed by atoms with Crippen LogP contribution in [0.5, 0.6) is 5.75 Å². The quantitative estimate of drug-likeness (QED) is 0.782. The van der Waals surface area contributed by atoms with Gasteiger partial charge in [0.15, 0.2) is 0 Å². The largest absolute Gasteiger partial charge is 0.497 e. The lowest BCUT2D eigenvalue weighted by Gasteiger charge is -2.34. The van der Waals surface area contributed by atoms with Crippen molar-refractivity contribution in [3.63, 3.8) is 0 Å². The Kier molecular flexibility index (Phi) is 5.63. The molecule has 0 unspecified atom stereocenters. The Morgan fingerprint density at radius 1 is 1.44 bits per heavy atom. The number of ether oxygens (including phenoxy) is 1. The molecule has 0 aliphatic heterocycles. The maximum atomic E-state index is 9.75. The predicted octanol–water partition coefficient (Wildman–Crippen LogP) is 2.46. The smallest absolute Gasteiger partial charge is 0.119 e. The van der Waals surface area contributed by atoms with Crippen molar-refractivity contribution in [1.29, 1.82) is 0 Å². The summed E-state index contributed by atoms with van der Waals surface area (Å²) in [5, 5.41) is 9.75. The van der Waals surface area contributed by atoms with Crippen LogP contribution in [0.15, 0.2) is 24.3 Å². The molecule has 1 aromatic carbocycles. The summed E-state index contributed by atoms with van der Waals surface area (Å²) < 4.78 is 5.27. The van der Waals surface area contributed by atoms with E-state index in [0.717, 1.165) is 24.2 Å². The topological polar surface area (TPSA) is 55.5 Å². The van der Waals surface area contributed by atoms with Gasteiger partial charge in [-0.25, -0.2) is 0 Å². The fraction of sp³-hybridized carbons (Fsp3) is 0.600. The minimum absolute atomic E-state index is 0.155. The Morgan fingerprint density at radius 3 is 2.67 bits per heavy atom. The number of methoxy groups -OCH3 is 1. The first-order valence-corrected chi connectivity index (χ1v) is 6.60. The van der Waals surface area contributed by atoms with Gasteiger partial charge in [0.2, 0.25) is 0 Å². The molecule has 0 radical (unpaired) electrons. The number of aliphatic hydroxyl groups excluding tert-OH is 1. The molecular weight excluding hydrogens is 226 g/mol. The van der Waals surface area contributed by atoms with Crippen molar-refractivity contribution < 1.29 is 9.84 Å². The molecule has 0 heterocycles. The minimum atomic E-state index is -0.355. The maximum absolute atomic E-state index is 9.75. The van der Waals surface area contributed by atoms with Gasteiger partial charge in [0, 0.05) is 12.0 Å². The van der Waals surface area contributed by atoms with Crippen LogP contribution in [0, 0.1) is 0 Å². The van der Waals surface area contributed by atoms with Crippen molar-refractivity contribution in [3.05, 3.63) is 29.8 Å². The number of hydrogen-bond donors (Lipinski definition) is 2. The van der Waals surface area contributed by atoms with Crippen LogP contribution in [0.2, 0.25) is 0 Å². The molecule has 0 aliphatic rings. The number of aliphatic hydroxyl groups is 1. The molecule has 0 amide bonds. The van der Waals surface area contributed by atoms with Gasteiger partial charge < -0.3 is 15.6 Å². The monoisotopic (exact) mass is 251 g/mol. The first kappa shape index (κ1) is 15.0. The first-order chi connectivity index (χ1) is 8.57. The zero-order valence-corrected chi connectivity index (χ0v) is 11.6. The van der Waals surface area contributed by atoms with Crippen molar-refractivity contribution in [2.75, 3.05) is 13.7 Å². The van der Waals surface area contributed by atoms with E-state index < -0.39 is 0 Å². The summed E-state index contributed by atoms with van der Waals surface area (Å²) in [4.78, 5) is 0. The summed E-state index contributed by atoms with van der Waals surface area (Å²) in [6, 6.07) is 8.02. The van der Waals surface area contributed by atoms with Crippen LogP contribution in [0.1, 0.15) is 38.7 Å². The summed E-state index contributed by atoms with van der Waals surface area (Å²) in [6.45, 7) is 4.51. The van der Waals surface area contributed by atoms with Gasteiger partial charge >= 0.3 is 0 Å². The van der Waals surface area contributed by atoms with Gasteiger partial charge in [-0.3, -0.25) is 0 Å². The number of rotatable bonds is 7. The zero-order valence-electron chi connectivity index (χ0n) is 11.6. The zero-order chi connectivity index (χ0) is 13.6. The minimum Gasteiger partial charge on any atom is -0.497 e. The van der Waals surface area contributed by atoms with Crippen LogP contribution >= 0.6 is 0 Å². The fourth-order valence-electron chi connectivity index (χ4n) is 2.66. The van der Waals surface area contributed by atoms with E-state index in [2.05, 4.69) is 13.0 Å². The lowest BCUT2D eigenvalue weighted by atomic mass is 9.73. The summed E-state index contributed by atoms with van der Waals surface area (Å²) in [7, 11) is 1.66. The van der Waals surface area contributed by atoms with Crippen LogP contribution in [-0.2, 0) is 5.41 Å². The van der Waals surface area contributed by atoms with Crippen molar-refractivity contribution >= 4 is 0 Å². The van der Waals surface area contributed by atoms with Gasteiger partial charge in [-0.2, -0.15) is 0 Å². The molecule has 1 aromatic rings. The van der Waals surface area contributed by atoms with E-state index in [1.54, 1.807) is 7.11 Å². The summed E-state index contributed by atoms with van der Waals surface area (Å²) in [5.74, 6) is 0.840. The second-order valence-corrected chi connectivity index (χ2v) is 5.02. The number of hydrogen-bond acceptors (Lipinski definition) is 3. The van der Waals surface area contributed by atoms with Crippen LogP contribution in [0.25, 0.3) is 0 Å². The van der Waals surface area contributed by atoms with E-state index in [1.807, 2.05) is 25.1 Å². The highest BCUT2D eigenvalue weighted by Gasteiger charge is 2.31. The molecule has 18 heavy (non-hydrogen) atoms. The third-order valence-electron chi connectivity index (χ3n) is 3.49. The first-order valence-electron chi connectivity index (χ1n) is 6.60. The number of nitrogens with two attached hydrogens (primary N) is 1. The van der Waals surface area contributed by atoms with Gasteiger partial charge in [-0.05, 0) is 37.5 Å². The molecule has 1 rings (SSSR count). The van der Waals surface area contributed by atoms with Crippen LogP contribution in [-0.4, -0.2) is 24.9 Å². The lowest BCUT2D eigenvalue weighted by Crippen LogP contribution is -2.38. The molecule has 3 heteroatoms. The Balaban J connectivity index is 3.13. The van der Waals surface area contributed by atoms with E-state index in [0.29, 0.717) is 13.0 Å². The highest BCUT2D eigenvalue weighted by atomic mass is 16.5. The molecule has 0 saturated carbocycles. The molecule has 0 fully saturated rings. The molecule has 0 aliphatic carbocycles. The van der Waals surface area contributed by atoms with Gasteiger partial charge in [-0.1, -0.05) is 25.5 Å². The summed E-state index contributed by atoms with van der Waals surface area (Å²) >= 11 is 0.